The summed E-state index contributed by atoms with van der Waals surface area (Å²) < 4.78 is 11.2. The molecule has 0 aromatic heterocycles. The van der Waals surface area contributed by atoms with Crippen molar-refractivity contribution in [1.29, 1.82) is 0 Å². The molecule has 1 unspecified atom stereocenters. The van der Waals surface area contributed by atoms with Gasteiger partial charge in [0.1, 0.15) is 18.8 Å². The largest absolute Gasteiger partial charge is 0.480 e. The number of aliphatic carboxylic acids is 1. The van der Waals surface area contributed by atoms with Crippen molar-refractivity contribution in [3.63, 3.8) is 0 Å². The summed E-state index contributed by atoms with van der Waals surface area (Å²) in [5.41, 5.74) is 4.61. The van der Waals surface area contributed by atoms with E-state index in [2.05, 4.69) is 34.9 Å². The lowest BCUT2D eigenvalue weighted by Gasteiger charge is -2.32. The Kier molecular flexibility index (Phi) is 6.72. The minimum atomic E-state index is -1.02. The minimum absolute atomic E-state index is 0.0269. The van der Waals surface area contributed by atoms with Gasteiger partial charge in [0.15, 0.2) is 0 Å². The summed E-state index contributed by atoms with van der Waals surface area (Å²) in [6.07, 6.45) is 1.85. The van der Waals surface area contributed by atoms with E-state index in [1.807, 2.05) is 24.3 Å². The quantitative estimate of drug-likeness (QED) is 0.537. The summed E-state index contributed by atoms with van der Waals surface area (Å²) in [7, 11) is 0. The zero-order chi connectivity index (χ0) is 24.4. The molecule has 35 heavy (non-hydrogen) atoms. The van der Waals surface area contributed by atoms with Crippen molar-refractivity contribution in [2.45, 2.75) is 43.7 Å². The first-order valence-corrected chi connectivity index (χ1v) is 12.3. The first-order valence-electron chi connectivity index (χ1n) is 12.3. The Bertz CT molecular complexity index is 1070. The second-order valence-corrected chi connectivity index (χ2v) is 9.56. The standard InChI is InChI=1S/C27H30N2O6/c30-25(29-23(26(31)32)16-6-5-7-16)24-17(12-13-34-24)14-28-27(33)35-15-22-20-10-3-1-8-18(20)19-9-2-4-11-21(19)22/h1-4,8-11,16-17,22-24H,5-7,12-15H2,(H,28,33)(H,29,30)(H,31,32)/t17-,23?,24-/m0/s1. The third kappa shape index (κ3) is 4.75. The van der Waals surface area contributed by atoms with E-state index in [0.717, 1.165) is 41.5 Å². The minimum Gasteiger partial charge on any atom is -0.480 e. The Labute approximate surface area is 204 Å². The molecule has 0 spiro atoms. The van der Waals surface area contributed by atoms with E-state index in [1.165, 1.54) is 0 Å². The van der Waals surface area contributed by atoms with Crippen LogP contribution in [0.15, 0.2) is 48.5 Å². The first-order chi connectivity index (χ1) is 17.0. The van der Waals surface area contributed by atoms with Crippen LogP contribution < -0.4 is 10.6 Å². The van der Waals surface area contributed by atoms with E-state index in [1.54, 1.807) is 0 Å². The molecule has 0 radical (unpaired) electrons. The van der Waals surface area contributed by atoms with Crippen LogP contribution in [0.3, 0.4) is 0 Å². The Morgan fingerprint density at radius 1 is 1.00 bits per heavy atom. The van der Waals surface area contributed by atoms with E-state index in [-0.39, 0.29) is 30.9 Å². The van der Waals surface area contributed by atoms with Gasteiger partial charge in [0, 0.05) is 25.0 Å². The molecule has 2 aliphatic carbocycles. The summed E-state index contributed by atoms with van der Waals surface area (Å²) >= 11 is 0. The third-order valence-electron chi connectivity index (χ3n) is 7.51. The Balaban J connectivity index is 1.14. The summed E-state index contributed by atoms with van der Waals surface area (Å²) in [6, 6.07) is 15.4. The Hall–Kier alpha value is -3.39. The number of alkyl carbamates (subject to hydrolysis) is 1. The van der Waals surface area contributed by atoms with E-state index in [9.17, 15) is 19.5 Å². The number of carboxylic acid groups (broad SMARTS) is 1. The van der Waals surface area contributed by atoms with Gasteiger partial charge in [0.05, 0.1) is 0 Å². The molecule has 3 atom stereocenters. The number of carbonyl (C=O) groups is 3. The van der Waals surface area contributed by atoms with Crippen LogP contribution in [-0.2, 0) is 19.1 Å². The van der Waals surface area contributed by atoms with Crippen LogP contribution in [0.1, 0.15) is 42.7 Å². The highest BCUT2D eigenvalue weighted by molar-refractivity contribution is 5.87. The molecule has 3 aliphatic rings. The molecular weight excluding hydrogens is 448 g/mol. The predicted molar refractivity (Wildman–Crippen MR) is 128 cm³/mol. The highest BCUT2D eigenvalue weighted by Gasteiger charge is 2.39. The van der Waals surface area contributed by atoms with Crippen LogP contribution in [-0.4, -0.2) is 55.0 Å². The van der Waals surface area contributed by atoms with Crippen molar-refractivity contribution in [2.24, 2.45) is 11.8 Å². The third-order valence-corrected chi connectivity index (χ3v) is 7.51. The number of benzene rings is 2. The molecule has 2 aromatic carbocycles. The van der Waals surface area contributed by atoms with Gasteiger partial charge in [-0.1, -0.05) is 55.0 Å². The van der Waals surface area contributed by atoms with Gasteiger partial charge >= 0.3 is 12.1 Å². The molecule has 5 rings (SSSR count). The summed E-state index contributed by atoms with van der Waals surface area (Å²) in [5.74, 6) is -1.75. The van der Waals surface area contributed by atoms with Crippen LogP contribution in [0.2, 0.25) is 0 Å². The maximum absolute atomic E-state index is 12.7. The molecule has 2 amide bonds. The zero-order valence-electron chi connectivity index (χ0n) is 19.4. The number of nitrogens with one attached hydrogen (secondary N) is 2. The zero-order valence-corrected chi connectivity index (χ0v) is 19.4. The van der Waals surface area contributed by atoms with Gasteiger partial charge in [-0.05, 0) is 47.4 Å². The predicted octanol–water partition coefficient (Wildman–Crippen LogP) is 3.30. The van der Waals surface area contributed by atoms with Crippen molar-refractivity contribution >= 4 is 18.0 Å². The lowest BCUT2D eigenvalue weighted by atomic mass is 9.79. The fourth-order valence-corrected chi connectivity index (χ4v) is 5.39. The second-order valence-electron chi connectivity index (χ2n) is 9.56. The van der Waals surface area contributed by atoms with Crippen molar-refractivity contribution in [3.8, 4) is 11.1 Å². The summed E-state index contributed by atoms with van der Waals surface area (Å²) in [5, 5.41) is 14.9. The van der Waals surface area contributed by atoms with E-state index in [4.69, 9.17) is 9.47 Å². The van der Waals surface area contributed by atoms with Gasteiger partial charge in [-0.15, -0.1) is 0 Å². The van der Waals surface area contributed by atoms with Gasteiger partial charge in [0.25, 0.3) is 0 Å². The molecule has 3 N–H and O–H groups in total. The second kappa shape index (κ2) is 10.1. The Morgan fingerprint density at radius 3 is 2.26 bits per heavy atom. The van der Waals surface area contributed by atoms with E-state index >= 15 is 0 Å². The molecule has 1 saturated heterocycles. The molecule has 8 heteroatoms. The topological polar surface area (TPSA) is 114 Å². The molecular formula is C27H30N2O6. The van der Waals surface area contributed by atoms with E-state index in [0.29, 0.717) is 13.0 Å². The van der Waals surface area contributed by atoms with Crippen molar-refractivity contribution < 1.29 is 29.0 Å². The number of fused-ring (bicyclic) bond motifs is 3. The normalized spacial score (nSPS) is 21.9. The van der Waals surface area contributed by atoms with Gasteiger partial charge < -0.3 is 25.2 Å². The molecule has 8 nitrogen and oxygen atoms in total. The van der Waals surface area contributed by atoms with Gasteiger partial charge in [-0.25, -0.2) is 9.59 Å². The average molecular weight is 479 g/mol. The monoisotopic (exact) mass is 478 g/mol. The van der Waals surface area contributed by atoms with Crippen molar-refractivity contribution in [3.05, 3.63) is 59.7 Å². The van der Waals surface area contributed by atoms with Gasteiger partial charge in [-0.3, -0.25) is 4.79 Å². The molecule has 0 bridgehead atoms. The van der Waals surface area contributed by atoms with Crippen LogP contribution in [0.25, 0.3) is 11.1 Å². The SMILES string of the molecule is O=C(NC[C@@H]1CCO[C@@H]1C(=O)NC(C(=O)O)C1CCC1)OCC1c2ccccc2-c2ccccc21. The molecule has 2 aromatic rings. The number of carboxylic acids is 1. The van der Waals surface area contributed by atoms with Gasteiger partial charge in [-0.2, -0.15) is 0 Å². The molecule has 2 fully saturated rings. The number of ether oxygens (including phenoxy) is 2. The number of hydrogen-bond acceptors (Lipinski definition) is 5. The number of carbonyl (C=O) groups excluding carboxylic acids is 2. The fraction of sp³-hybridized carbons (Fsp3) is 0.444. The summed E-state index contributed by atoms with van der Waals surface area (Å²) in [6.45, 7) is 0.818. The number of hydrogen-bond donors (Lipinski definition) is 3. The van der Waals surface area contributed by atoms with E-state index < -0.39 is 30.1 Å². The highest BCUT2D eigenvalue weighted by atomic mass is 16.5. The van der Waals surface area contributed by atoms with Gasteiger partial charge in [0.2, 0.25) is 5.91 Å². The van der Waals surface area contributed by atoms with Crippen LogP contribution in [0, 0.1) is 11.8 Å². The molecule has 1 heterocycles. The lowest BCUT2D eigenvalue weighted by Crippen LogP contribution is -2.52. The smallest absolute Gasteiger partial charge is 0.407 e. The highest BCUT2D eigenvalue weighted by Crippen LogP contribution is 2.44. The van der Waals surface area contributed by atoms with Crippen molar-refractivity contribution in [1.82, 2.24) is 10.6 Å². The fourth-order valence-electron chi connectivity index (χ4n) is 5.39. The molecule has 1 aliphatic heterocycles. The average Bonchev–Trinajstić information content (AvgIpc) is 3.42. The van der Waals surface area contributed by atoms with Crippen molar-refractivity contribution in [2.75, 3.05) is 19.8 Å². The maximum atomic E-state index is 12.7. The maximum Gasteiger partial charge on any atom is 0.407 e. The van der Waals surface area contributed by atoms with Crippen LogP contribution >= 0.6 is 0 Å². The molecule has 184 valence electrons. The van der Waals surface area contributed by atoms with Crippen LogP contribution in [0.4, 0.5) is 4.79 Å². The van der Waals surface area contributed by atoms with Crippen LogP contribution in [0.5, 0.6) is 0 Å². The first kappa shape index (κ1) is 23.4. The molecule has 1 saturated carbocycles. The number of rotatable bonds is 8. The Morgan fingerprint density at radius 2 is 1.66 bits per heavy atom. The lowest BCUT2D eigenvalue weighted by molar-refractivity contribution is -0.146. The number of amides is 2. The summed E-state index contributed by atoms with van der Waals surface area (Å²) in [4.78, 5) is 36.8.